The van der Waals surface area contributed by atoms with E-state index in [1.807, 2.05) is 34.1 Å². The molecule has 54 heavy (non-hydrogen) atoms. The van der Waals surface area contributed by atoms with Gasteiger partial charge in [-0.25, -0.2) is 0 Å². The molecular weight excluding hydrogens is 701 g/mol. The molecule has 0 saturated carbocycles. The van der Waals surface area contributed by atoms with Gasteiger partial charge in [0.05, 0.1) is 40.1 Å². The van der Waals surface area contributed by atoms with E-state index in [0.29, 0.717) is 17.4 Å². The second-order valence-corrected chi connectivity index (χ2v) is 16.6. The summed E-state index contributed by atoms with van der Waals surface area (Å²) in [6.07, 6.45) is 42.8. The van der Waals surface area contributed by atoms with Gasteiger partial charge in [0, 0.05) is 6.42 Å². The first-order valence-electron chi connectivity index (χ1n) is 21.1. The minimum absolute atomic E-state index is 0.0111. The maximum atomic E-state index is 12.4. The lowest BCUT2D eigenvalue weighted by Crippen LogP contribution is -2.37. The minimum Gasteiger partial charge on any atom is -0.756 e. The number of nitrogens with zero attached hydrogens (tertiary/aromatic N) is 1. The van der Waals surface area contributed by atoms with Crippen molar-refractivity contribution in [2.24, 2.45) is 0 Å². The number of carbonyl (C=O) groups excluding carboxylic acids is 1. The first kappa shape index (κ1) is 52.0. The van der Waals surface area contributed by atoms with E-state index in [4.69, 9.17) is 18.5 Å². The van der Waals surface area contributed by atoms with Gasteiger partial charge in [0.15, 0.2) is 6.10 Å². The van der Waals surface area contributed by atoms with Gasteiger partial charge in [0.2, 0.25) is 0 Å². The van der Waals surface area contributed by atoms with Gasteiger partial charge in [0.25, 0.3) is 7.82 Å². The van der Waals surface area contributed by atoms with Crippen molar-refractivity contribution in [2.45, 2.75) is 167 Å². The summed E-state index contributed by atoms with van der Waals surface area (Å²) >= 11 is 0. The first-order valence-corrected chi connectivity index (χ1v) is 22.6. The molecule has 0 rings (SSSR count). The number of carbonyl (C=O) groups is 1. The second kappa shape index (κ2) is 36.6. The van der Waals surface area contributed by atoms with Gasteiger partial charge in [-0.3, -0.25) is 9.36 Å². The van der Waals surface area contributed by atoms with Crippen molar-refractivity contribution in [2.75, 3.05) is 47.5 Å². The Kier molecular flexibility index (Phi) is 35.3. The number of rotatable bonds is 38. The van der Waals surface area contributed by atoms with Crippen LogP contribution >= 0.6 is 7.82 Å². The molecule has 1 unspecified atom stereocenters. The molecule has 0 amide bonds. The van der Waals surface area contributed by atoms with Crippen LogP contribution in [0.5, 0.6) is 0 Å². The van der Waals surface area contributed by atoms with Crippen molar-refractivity contribution in [3.05, 3.63) is 60.9 Å². The number of phosphoric ester groups is 1. The summed E-state index contributed by atoms with van der Waals surface area (Å²) in [5, 5.41) is 9.56. The smallest absolute Gasteiger partial charge is 0.305 e. The summed E-state index contributed by atoms with van der Waals surface area (Å²) in [5.74, 6) is -0.359. The number of quaternary nitrogens is 1. The molecule has 0 saturated heterocycles. The van der Waals surface area contributed by atoms with Gasteiger partial charge in [-0.2, -0.15) is 0 Å². The molecule has 0 aromatic rings. The molecule has 0 heterocycles. The Morgan fingerprint density at radius 1 is 0.685 bits per heavy atom. The molecule has 3 atom stereocenters. The largest absolute Gasteiger partial charge is 0.756 e. The molecular formula is C44H80NO8P. The molecule has 0 aliphatic carbocycles. The van der Waals surface area contributed by atoms with Crippen LogP contribution in [0.4, 0.5) is 0 Å². The van der Waals surface area contributed by atoms with Crippen molar-refractivity contribution in [1.29, 1.82) is 0 Å². The number of ether oxygens (including phenoxy) is 2. The molecule has 0 spiro atoms. The maximum absolute atomic E-state index is 12.4. The second-order valence-electron chi connectivity index (χ2n) is 15.2. The number of likely N-dealkylation sites (N-methyl/N-ethyl adjacent to an activating group) is 1. The predicted octanol–water partition coefficient (Wildman–Crippen LogP) is 10.8. The number of hydrogen-bond acceptors (Lipinski definition) is 8. The fraction of sp³-hybridized carbons (Fsp3) is 0.750. The number of hydrogen-bond donors (Lipinski definition) is 1. The van der Waals surface area contributed by atoms with Crippen molar-refractivity contribution in [1.82, 2.24) is 0 Å². The van der Waals surface area contributed by atoms with Gasteiger partial charge in [-0.15, -0.1) is 0 Å². The number of unbranched alkanes of at least 4 members (excludes halogenated alkanes) is 13. The van der Waals surface area contributed by atoms with Gasteiger partial charge in [0.1, 0.15) is 19.8 Å². The molecule has 0 bridgehead atoms. The van der Waals surface area contributed by atoms with Crippen LogP contribution in [0.25, 0.3) is 0 Å². The van der Waals surface area contributed by atoms with Crippen LogP contribution in [0.1, 0.15) is 155 Å². The van der Waals surface area contributed by atoms with E-state index < -0.39 is 13.9 Å². The van der Waals surface area contributed by atoms with Crippen LogP contribution in [0.3, 0.4) is 0 Å². The molecule has 0 aromatic heterocycles. The summed E-state index contributed by atoms with van der Waals surface area (Å²) in [7, 11) is 1.31. The SMILES string of the molecule is CCCCCCCCCCCCCC/C=C/O[C@H](COC(=O)CCC/C=C\C/C=C\C/C=C\C/C=C\CC[C@@H](O)CC)COP(=O)([O-])OCC[N+](C)(C)C. The topological polar surface area (TPSA) is 114 Å². The quantitative estimate of drug-likeness (QED) is 0.0164. The third-order valence-corrected chi connectivity index (χ3v) is 9.79. The van der Waals surface area contributed by atoms with Gasteiger partial charge >= 0.3 is 5.97 Å². The average Bonchev–Trinajstić information content (AvgIpc) is 3.12. The zero-order valence-corrected chi connectivity index (χ0v) is 35.9. The Labute approximate surface area is 331 Å². The van der Waals surface area contributed by atoms with Crippen molar-refractivity contribution < 1.29 is 42.4 Å². The van der Waals surface area contributed by atoms with Crippen molar-refractivity contribution >= 4 is 13.8 Å². The van der Waals surface area contributed by atoms with E-state index >= 15 is 0 Å². The van der Waals surface area contributed by atoms with E-state index in [1.165, 1.54) is 70.6 Å². The number of phosphoric acid groups is 1. The van der Waals surface area contributed by atoms with Crippen molar-refractivity contribution in [3.63, 3.8) is 0 Å². The minimum atomic E-state index is -4.53. The van der Waals surface area contributed by atoms with E-state index in [2.05, 4.69) is 55.5 Å². The number of esters is 1. The van der Waals surface area contributed by atoms with Crippen LogP contribution in [0.15, 0.2) is 60.9 Å². The zero-order chi connectivity index (χ0) is 40.0. The predicted molar refractivity (Wildman–Crippen MR) is 223 cm³/mol. The standard InChI is InChI=1S/C44H80NO8P/c1-6-8-9-10-11-12-13-14-19-22-25-28-31-34-38-50-43(41-53-54(48,49)52-39-37-45(3,4)5)40-51-44(47)36-33-30-27-24-21-18-16-15-17-20-23-26-29-32-35-42(46)7-2/h16-18,20,24,26-27,29,34,38,42-43,46H,6-15,19,21-23,25,28,30-33,35-37,39-41H2,1-5H3/b18-16-,20-17-,27-24-,29-26-,38-34+/t42-,43+/m0/s1. The summed E-state index contributed by atoms with van der Waals surface area (Å²) in [6, 6.07) is 0. The lowest BCUT2D eigenvalue weighted by atomic mass is 10.0. The Morgan fingerprint density at radius 2 is 1.20 bits per heavy atom. The van der Waals surface area contributed by atoms with Crippen LogP contribution in [0, 0.1) is 0 Å². The highest BCUT2D eigenvalue weighted by molar-refractivity contribution is 7.45. The highest BCUT2D eigenvalue weighted by Gasteiger charge is 2.19. The third-order valence-electron chi connectivity index (χ3n) is 8.82. The number of aliphatic hydroxyl groups excluding tert-OH is 1. The van der Waals surface area contributed by atoms with Crippen molar-refractivity contribution in [3.8, 4) is 0 Å². The summed E-state index contributed by atoms with van der Waals surface area (Å²) in [6.45, 7) is 4.34. The van der Waals surface area contributed by atoms with E-state index in [-0.39, 0.29) is 38.3 Å². The summed E-state index contributed by atoms with van der Waals surface area (Å²) in [5.41, 5.74) is 0. The normalized spacial score (nSPS) is 14.9. The lowest BCUT2D eigenvalue weighted by molar-refractivity contribution is -0.870. The third kappa shape index (κ3) is 39.7. The monoisotopic (exact) mass is 782 g/mol. The summed E-state index contributed by atoms with van der Waals surface area (Å²) in [4.78, 5) is 24.8. The zero-order valence-electron chi connectivity index (χ0n) is 35.0. The Balaban J connectivity index is 4.41. The lowest BCUT2D eigenvalue weighted by Gasteiger charge is -2.28. The molecule has 0 aromatic carbocycles. The molecule has 10 heteroatoms. The molecule has 0 fully saturated rings. The molecule has 0 aliphatic rings. The summed E-state index contributed by atoms with van der Waals surface area (Å²) < 4.78 is 34.2. The fourth-order valence-corrected chi connectivity index (χ4v) is 6.00. The van der Waals surface area contributed by atoms with Crippen LogP contribution in [-0.2, 0) is 27.9 Å². The number of allylic oxidation sites excluding steroid dienone is 9. The van der Waals surface area contributed by atoms with E-state index in [0.717, 1.165) is 57.8 Å². The Morgan fingerprint density at radius 3 is 1.76 bits per heavy atom. The molecule has 0 aliphatic heterocycles. The Bertz CT molecular complexity index is 1070. The van der Waals surface area contributed by atoms with Gasteiger partial charge < -0.3 is 33.0 Å². The number of aliphatic hydroxyl groups is 1. The van der Waals surface area contributed by atoms with Crippen LogP contribution in [-0.4, -0.2) is 75.3 Å². The van der Waals surface area contributed by atoms with E-state index in [9.17, 15) is 19.4 Å². The Hall–Kier alpha value is -2.00. The highest BCUT2D eigenvalue weighted by Crippen LogP contribution is 2.38. The average molecular weight is 782 g/mol. The fourth-order valence-electron chi connectivity index (χ4n) is 5.27. The van der Waals surface area contributed by atoms with Gasteiger partial charge in [-0.1, -0.05) is 133 Å². The van der Waals surface area contributed by atoms with Crippen LogP contribution in [0.2, 0.25) is 0 Å². The molecule has 0 radical (unpaired) electrons. The molecule has 314 valence electrons. The van der Waals surface area contributed by atoms with E-state index in [1.54, 1.807) is 6.26 Å². The highest BCUT2D eigenvalue weighted by atomic mass is 31.2. The maximum Gasteiger partial charge on any atom is 0.305 e. The molecule has 1 N–H and O–H groups in total. The first-order chi connectivity index (χ1) is 26.0. The van der Waals surface area contributed by atoms with Crippen LogP contribution < -0.4 is 4.89 Å². The molecule has 9 nitrogen and oxygen atoms in total. The van der Waals surface area contributed by atoms with Gasteiger partial charge in [-0.05, 0) is 70.3 Å².